The lowest BCUT2D eigenvalue weighted by atomic mass is 10.1. The molecular weight excluding hydrogens is 342 g/mol. The van der Waals surface area contributed by atoms with Gasteiger partial charge in [-0.15, -0.1) is 12.4 Å². The molecule has 2 N–H and O–H groups in total. The number of rotatable bonds is 4. The number of nitrogens with one attached hydrogen (secondary N) is 2. The summed E-state index contributed by atoms with van der Waals surface area (Å²) in [5.41, 5.74) is 1.59. The molecule has 1 amide bonds. The van der Waals surface area contributed by atoms with Gasteiger partial charge in [-0.2, -0.15) is 4.98 Å². The van der Waals surface area contributed by atoms with Gasteiger partial charge in [0.25, 0.3) is 5.89 Å². The molecule has 1 aromatic heterocycles. The van der Waals surface area contributed by atoms with E-state index in [1.54, 1.807) is 0 Å². The lowest BCUT2D eigenvalue weighted by Crippen LogP contribution is -2.44. The Kier molecular flexibility index (Phi) is 6.52. The first-order chi connectivity index (χ1) is 11.5. The Bertz CT molecular complexity index is 701. The van der Waals surface area contributed by atoms with E-state index in [-0.39, 0.29) is 30.3 Å². The van der Waals surface area contributed by atoms with Gasteiger partial charge in [-0.25, -0.2) is 0 Å². The second-order valence-electron chi connectivity index (χ2n) is 6.38. The van der Waals surface area contributed by atoms with Crippen LogP contribution >= 0.6 is 12.4 Å². The molecule has 1 unspecified atom stereocenters. The number of aromatic nitrogens is 2. The first kappa shape index (κ1) is 19.4. The number of amides is 1. The Morgan fingerprint density at radius 3 is 2.72 bits per heavy atom. The van der Waals surface area contributed by atoms with Crippen LogP contribution in [0.4, 0.5) is 5.69 Å². The highest BCUT2D eigenvalue weighted by Gasteiger charge is 2.25. The van der Waals surface area contributed by atoms with Gasteiger partial charge in [0, 0.05) is 36.8 Å². The van der Waals surface area contributed by atoms with Crippen molar-refractivity contribution in [3.8, 4) is 11.5 Å². The minimum Gasteiger partial charge on any atom is -0.334 e. The van der Waals surface area contributed by atoms with E-state index in [1.807, 2.05) is 38.1 Å². The van der Waals surface area contributed by atoms with Crippen molar-refractivity contribution in [2.24, 2.45) is 5.92 Å². The van der Waals surface area contributed by atoms with Crippen molar-refractivity contribution in [3.05, 3.63) is 30.1 Å². The lowest BCUT2D eigenvalue weighted by molar-refractivity contribution is -0.118. The number of likely N-dealkylation sites (N-methyl/N-ethyl adjacent to an activating group) is 1. The number of anilines is 1. The highest BCUT2D eigenvalue weighted by atomic mass is 35.5. The summed E-state index contributed by atoms with van der Waals surface area (Å²) in [5, 5.41) is 10.3. The van der Waals surface area contributed by atoms with Crippen LogP contribution in [0.25, 0.3) is 11.5 Å². The third kappa shape index (κ3) is 4.56. The standard InChI is InChI=1S/C17H23N5O2.ClH/c1-11(2)16(23)19-13-6-4-12(5-7-13)17-20-15(21-24-17)14-10-18-8-9-22(14)3;/h4-7,11,14,18H,8-10H2,1-3H3,(H,19,23);1H. The van der Waals surface area contributed by atoms with Crippen LogP contribution in [0.3, 0.4) is 0 Å². The van der Waals surface area contributed by atoms with Crippen LogP contribution in [-0.2, 0) is 4.79 Å². The fraction of sp³-hybridized carbons (Fsp3) is 0.471. The van der Waals surface area contributed by atoms with E-state index in [0.717, 1.165) is 30.9 Å². The molecule has 1 fully saturated rings. The molecule has 3 rings (SSSR count). The molecule has 0 radical (unpaired) electrons. The van der Waals surface area contributed by atoms with Gasteiger partial charge in [0.1, 0.15) is 0 Å². The van der Waals surface area contributed by atoms with Crippen LogP contribution in [0.2, 0.25) is 0 Å². The monoisotopic (exact) mass is 365 g/mol. The second kappa shape index (κ2) is 8.42. The van der Waals surface area contributed by atoms with Gasteiger partial charge in [-0.1, -0.05) is 19.0 Å². The van der Waals surface area contributed by atoms with Crippen LogP contribution < -0.4 is 10.6 Å². The van der Waals surface area contributed by atoms with Gasteiger partial charge >= 0.3 is 0 Å². The Morgan fingerprint density at radius 2 is 2.08 bits per heavy atom. The normalized spacial score (nSPS) is 18.0. The maximum atomic E-state index is 11.7. The minimum absolute atomic E-state index is 0. The molecule has 2 heterocycles. The molecule has 1 aliphatic rings. The number of piperazine rings is 1. The summed E-state index contributed by atoms with van der Waals surface area (Å²) in [5.74, 6) is 1.13. The molecule has 0 bridgehead atoms. The second-order valence-corrected chi connectivity index (χ2v) is 6.38. The zero-order valence-electron chi connectivity index (χ0n) is 14.7. The number of hydrogen-bond acceptors (Lipinski definition) is 6. The van der Waals surface area contributed by atoms with Gasteiger partial charge in [0.2, 0.25) is 5.91 Å². The number of halogens is 1. The molecular formula is C17H24ClN5O2. The van der Waals surface area contributed by atoms with Crippen molar-refractivity contribution < 1.29 is 9.32 Å². The zero-order valence-corrected chi connectivity index (χ0v) is 15.5. The predicted octanol–water partition coefficient (Wildman–Crippen LogP) is 2.33. The summed E-state index contributed by atoms with van der Waals surface area (Å²) in [6.07, 6.45) is 0. The Hall–Kier alpha value is -1.96. The summed E-state index contributed by atoms with van der Waals surface area (Å²) in [6, 6.07) is 7.55. The van der Waals surface area contributed by atoms with Gasteiger partial charge < -0.3 is 15.2 Å². The van der Waals surface area contributed by atoms with Crippen LogP contribution in [0, 0.1) is 5.92 Å². The average Bonchev–Trinajstić information content (AvgIpc) is 3.05. The van der Waals surface area contributed by atoms with E-state index in [4.69, 9.17) is 4.52 Å². The molecule has 1 aromatic carbocycles. The highest BCUT2D eigenvalue weighted by molar-refractivity contribution is 5.92. The van der Waals surface area contributed by atoms with E-state index in [9.17, 15) is 4.79 Å². The van der Waals surface area contributed by atoms with Gasteiger partial charge in [0.15, 0.2) is 5.82 Å². The lowest BCUT2D eigenvalue weighted by Gasteiger charge is -2.30. The maximum absolute atomic E-state index is 11.7. The van der Waals surface area contributed by atoms with Crippen molar-refractivity contribution in [1.29, 1.82) is 0 Å². The summed E-state index contributed by atoms with van der Waals surface area (Å²) in [6.45, 7) is 6.47. The van der Waals surface area contributed by atoms with Crippen LogP contribution in [0.1, 0.15) is 25.7 Å². The zero-order chi connectivity index (χ0) is 17.1. The van der Waals surface area contributed by atoms with Crippen LogP contribution in [-0.4, -0.2) is 47.6 Å². The van der Waals surface area contributed by atoms with Gasteiger partial charge in [-0.3, -0.25) is 9.69 Å². The molecule has 8 heteroatoms. The number of carbonyl (C=O) groups is 1. The molecule has 25 heavy (non-hydrogen) atoms. The van der Waals surface area contributed by atoms with Crippen LogP contribution in [0.5, 0.6) is 0 Å². The molecule has 0 saturated carbocycles. The molecule has 1 aliphatic heterocycles. The molecule has 7 nitrogen and oxygen atoms in total. The van der Waals surface area contributed by atoms with Gasteiger partial charge in [0.05, 0.1) is 6.04 Å². The number of benzene rings is 1. The summed E-state index contributed by atoms with van der Waals surface area (Å²) in [7, 11) is 2.06. The smallest absolute Gasteiger partial charge is 0.257 e. The predicted molar refractivity (Wildman–Crippen MR) is 98.7 cm³/mol. The number of carbonyl (C=O) groups excluding carboxylic acids is 1. The fourth-order valence-corrected chi connectivity index (χ4v) is 2.56. The fourth-order valence-electron chi connectivity index (χ4n) is 2.56. The Morgan fingerprint density at radius 1 is 1.36 bits per heavy atom. The van der Waals surface area contributed by atoms with E-state index in [1.165, 1.54) is 0 Å². The van der Waals surface area contributed by atoms with Crippen molar-refractivity contribution in [1.82, 2.24) is 20.4 Å². The molecule has 2 aromatic rings. The SMILES string of the molecule is CC(C)C(=O)Nc1ccc(-c2nc(C3CNCCN3C)no2)cc1.Cl. The molecule has 1 atom stereocenters. The third-order valence-electron chi connectivity index (χ3n) is 4.17. The highest BCUT2D eigenvalue weighted by Crippen LogP contribution is 2.24. The van der Waals surface area contributed by atoms with E-state index < -0.39 is 0 Å². The van der Waals surface area contributed by atoms with Crippen molar-refractivity contribution in [2.75, 3.05) is 32.0 Å². The summed E-state index contributed by atoms with van der Waals surface area (Å²) < 4.78 is 5.41. The first-order valence-corrected chi connectivity index (χ1v) is 8.20. The largest absolute Gasteiger partial charge is 0.334 e. The minimum atomic E-state index is -0.0516. The summed E-state index contributed by atoms with van der Waals surface area (Å²) >= 11 is 0. The third-order valence-corrected chi connectivity index (χ3v) is 4.17. The number of hydrogen-bond donors (Lipinski definition) is 2. The van der Waals surface area contributed by atoms with Crippen molar-refractivity contribution in [2.45, 2.75) is 19.9 Å². The molecule has 1 saturated heterocycles. The molecule has 0 spiro atoms. The van der Waals surface area contributed by atoms with E-state index >= 15 is 0 Å². The van der Waals surface area contributed by atoms with Crippen molar-refractivity contribution >= 4 is 24.0 Å². The van der Waals surface area contributed by atoms with Crippen LogP contribution in [0.15, 0.2) is 28.8 Å². The molecule has 0 aliphatic carbocycles. The van der Waals surface area contributed by atoms with E-state index in [2.05, 4.69) is 32.7 Å². The maximum Gasteiger partial charge on any atom is 0.257 e. The van der Waals surface area contributed by atoms with E-state index in [0.29, 0.717) is 11.7 Å². The first-order valence-electron chi connectivity index (χ1n) is 8.20. The Labute approximate surface area is 153 Å². The molecule has 136 valence electrons. The topological polar surface area (TPSA) is 83.3 Å². The van der Waals surface area contributed by atoms with Gasteiger partial charge in [-0.05, 0) is 31.3 Å². The average molecular weight is 366 g/mol. The number of nitrogens with zero attached hydrogens (tertiary/aromatic N) is 3. The Balaban J connectivity index is 0.00000225. The van der Waals surface area contributed by atoms with Crippen molar-refractivity contribution in [3.63, 3.8) is 0 Å². The quantitative estimate of drug-likeness (QED) is 0.865. The summed E-state index contributed by atoms with van der Waals surface area (Å²) in [4.78, 5) is 18.5.